The van der Waals surface area contributed by atoms with Crippen molar-refractivity contribution in [3.63, 3.8) is 0 Å². The van der Waals surface area contributed by atoms with E-state index in [1.807, 2.05) is 13.0 Å². The van der Waals surface area contributed by atoms with Crippen LogP contribution in [0.5, 0.6) is 0 Å². The lowest BCUT2D eigenvalue weighted by Crippen LogP contribution is -2.39. The topological polar surface area (TPSA) is 76.0 Å². The predicted molar refractivity (Wildman–Crippen MR) is 96.2 cm³/mol. The maximum atomic E-state index is 12.1. The number of carbonyl (C=O) groups is 2. The fourth-order valence-electron chi connectivity index (χ4n) is 3.25. The van der Waals surface area contributed by atoms with E-state index in [1.165, 1.54) is 11.1 Å². The zero-order chi connectivity index (χ0) is 17.8. The van der Waals surface area contributed by atoms with Crippen molar-refractivity contribution in [2.24, 2.45) is 13.0 Å². The van der Waals surface area contributed by atoms with Gasteiger partial charge < -0.3 is 10.6 Å². The van der Waals surface area contributed by atoms with Crippen molar-refractivity contribution in [1.82, 2.24) is 15.1 Å². The molecule has 1 aliphatic carbocycles. The molecule has 0 aliphatic heterocycles. The Bertz CT molecular complexity index is 781. The highest BCUT2D eigenvalue weighted by Gasteiger charge is 2.21. The van der Waals surface area contributed by atoms with Gasteiger partial charge in [0, 0.05) is 19.7 Å². The smallest absolute Gasteiger partial charge is 0.314 e. The first-order chi connectivity index (χ1) is 12.1. The van der Waals surface area contributed by atoms with E-state index in [0.717, 1.165) is 31.4 Å². The standard InChI is InChI=1S/C19H24N4O2/c1-3-16-11-17(23(2)22-16)21-19(25)18(24)20-12-13-8-9-14-6-4-5-7-15(14)10-13/h4-7,11,13H,3,8-10,12H2,1-2H3,(H,20,24)(H,21,25). The summed E-state index contributed by atoms with van der Waals surface area (Å²) in [7, 11) is 1.74. The second-order valence-electron chi connectivity index (χ2n) is 6.54. The molecule has 25 heavy (non-hydrogen) atoms. The van der Waals surface area contributed by atoms with Crippen LogP contribution < -0.4 is 10.6 Å². The number of carbonyl (C=O) groups excluding carboxylic acids is 2. The SMILES string of the molecule is CCc1cc(NC(=O)C(=O)NCC2CCc3ccccc3C2)n(C)n1. The molecule has 0 spiro atoms. The molecular weight excluding hydrogens is 316 g/mol. The third kappa shape index (κ3) is 4.07. The van der Waals surface area contributed by atoms with Crippen molar-refractivity contribution in [2.75, 3.05) is 11.9 Å². The Morgan fingerprint density at radius 1 is 1.24 bits per heavy atom. The fraction of sp³-hybridized carbons (Fsp3) is 0.421. The van der Waals surface area contributed by atoms with Crippen molar-refractivity contribution < 1.29 is 9.59 Å². The van der Waals surface area contributed by atoms with Gasteiger partial charge in [-0.2, -0.15) is 5.10 Å². The van der Waals surface area contributed by atoms with Gasteiger partial charge in [-0.3, -0.25) is 14.3 Å². The van der Waals surface area contributed by atoms with Crippen LogP contribution in [0, 0.1) is 5.92 Å². The molecule has 0 saturated carbocycles. The molecule has 0 saturated heterocycles. The van der Waals surface area contributed by atoms with Crippen LogP contribution in [0.1, 0.15) is 30.2 Å². The van der Waals surface area contributed by atoms with Crippen LogP contribution in [0.2, 0.25) is 0 Å². The highest BCUT2D eigenvalue weighted by Crippen LogP contribution is 2.24. The maximum Gasteiger partial charge on any atom is 0.314 e. The third-order valence-corrected chi connectivity index (χ3v) is 4.74. The van der Waals surface area contributed by atoms with Gasteiger partial charge in [0.2, 0.25) is 0 Å². The normalized spacial score (nSPS) is 16.2. The molecule has 132 valence electrons. The van der Waals surface area contributed by atoms with Gasteiger partial charge in [0.25, 0.3) is 0 Å². The van der Waals surface area contributed by atoms with E-state index in [2.05, 4.69) is 33.9 Å². The molecule has 2 N–H and O–H groups in total. The number of anilines is 1. The summed E-state index contributed by atoms with van der Waals surface area (Å²) in [5.41, 5.74) is 3.62. The summed E-state index contributed by atoms with van der Waals surface area (Å²) in [6.07, 6.45) is 3.77. The zero-order valence-corrected chi connectivity index (χ0v) is 14.7. The monoisotopic (exact) mass is 340 g/mol. The van der Waals surface area contributed by atoms with E-state index in [-0.39, 0.29) is 0 Å². The summed E-state index contributed by atoms with van der Waals surface area (Å²) in [6, 6.07) is 10.2. The van der Waals surface area contributed by atoms with Crippen LogP contribution in [0.15, 0.2) is 30.3 Å². The van der Waals surface area contributed by atoms with Gasteiger partial charge in [0.1, 0.15) is 5.82 Å². The highest BCUT2D eigenvalue weighted by molar-refractivity contribution is 6.39. The Balaban J connectivity index is 1.51. The molecule has 0 radical (unpaired) electrons. The average molecular weight is 340 g/mol. The minimum Gasteiger partial charge on any atom is -0.348 e. The quantitative estimate of drug-likeness (QED) is 0.834. The molecule has 2 aromatic rings. The van der Waals surface area contributed by atoms with E-state index >= 15 is 0 Å². The van der Waals surface area contributed by atoms with E-state index in [4.69, 9.17) is 0 Å². The molecule has 0 bridgehead atoms. The highest BCUT2D eigenvalue weighted by atomic mass is 16.2. The zero-order valence-electron chi connectivity index (χ0n) is 14.7. The van der Waals surface area contributed by atoms with E-state index in [0.29, 0.717) is 18.3 Å². The number of hydrogen-bond donors (Lipinski definition) is 2. The molecule has 1 unspecified atom stereocenters. The summed E-state index contributed by atoms with van der Waals surface area (Å²) >= 11 is 0. The fourth-order valence-corrected chi connectivity index (χ4v) is 3.25. The average Bonchev–Trinajstić information content (AvgIpc) is 2.99. The lowest BCUT2D eigenvalue weighted by Gasteiger charge is -2.24. The molecule has 1 heterocycles. The second-order valence-corrected chi connectivity index (χ2v) is 6.54. The summed E-state index contributed by atoms with van der Waals surface area (Å²) in [5, 5.41) is 9.63. The number of benzene rings is 1. The van der Waals surface area contributed by atoms with Crippen molar-refractivity contribution in [3.8, 4) is 0 Å². The molecule has 1 aromatic heterocycles. The first-order valence-corrected chi connectivity index (χ1v) is 8.75. The summed E-state index contributed by atoms with van der Waals surface area (Å²) in [5.74, 6) is -0.349. The molecule has 2 amide bonds. The van der Waals surface area contributed by atoms with E-state index in [1.54, 1.807) is 17.8 Å². The molecule has 6 heteroatoms. The maximum absolute atomic E-state index is 12.1. The Morgan fingerprint density at radius 2 is 2.00 bits per heavy atom. The molecule has 3 rings (SSSR count). The molecule has 1 aromatic carbocycles. The van der Waals surface area contributed by atoms with Gasteiger partial charge in [-0.05, 0) is 42.7 Å². The number of amides is 2. The Kier molecular flexibility index (Phi) is 5.16. The van der Waals surface area contributed by atoms with Crippen LogP contribution >= 0.6 is 0 Å². The first kappa shape index (κ1) is 17.2. The Hall–Kier alpha value is -2.63. The van der Waals surface area contributed by atoms with Crippen LogP contribution in [-0.2, 0) is 35.9 Å². The third-order valence-electron chi connectivity index (χ3n) is 4.74. The van der Waals surface area contributed by atoms with Gasteiger partial charge in [-0.1, -0.05) is 31.2 Å². The first-order valence-electron chi connectivity index (χ1n) is 8.75. The van der Waals surface area contributed by atoms with Crippen molar-refractivity contribution >= 4 is 17.6 Å². The number of rotatable bonds is 4. The Morgan fingerprint density at radius 3 is 2.72 bits per heavy atom. The lowest BCUT2D eigenvalue weighted by molar-refractivity contribution is -0.136. The van der Waals surface area contributed by atoms with Gasteiger partial charge in [0.15, 0.2) is 0 Å². The summed E-state index contributed by atoms with van der Waals surface area (Å²) < 4.78 is 1.57. The van der Waals surface area contributed by atoms with Gasteiger partial charge in [-0.15, -0.1) is 0 Å². The van der Waals surface area contributed by atoms with E-state index < -0.39 is 11.8 Å². The van der Waals surface area contributed by atoms with Crippen molar-refractivity contribution in [2.45, 2.75) is 32.6 Å². The number of nitrogens with one attached hydrogen (secondary N) is 2. The molecule has 1 atom stereocenters. The van der Waals surface area contributed by atoms with Crippen LogP contribution in [0.4, 0.5) is 5.82 Å². The minimum atomic E-state index is -0.651. The number of aromatic nitrogens is 2. The molecule has 6 nitrogen and oxygen atoms in total. The summed E-state index contributed by atoms with van der Waals surface area (Å²) in [6.45, 7) is 2.51. The van der Waals surface area contributed by atoms with Gasteiger partial charge in [-0.25, -0.2) is 0 Å². The summed E-state index contributed by atoms with van der Waals surface area (Å²) in [4.78, 5) is 24.1. The number of fused-ring (bicyclic) bond motifs is 1. The largest absolute Gasteiger partial charge is 0.348 e. The van der Waals surface area contributed by atoms with E-state index in [9.17, 15) is 9.59 Å². The van der Waals surface area contributed by atoms with Gasteiger partial charge in [0.05, 0.1) is 5.69 Å². The van der Waals surface area contributed by atoms with Crippen LogP contribution in [0.25, 0.3) is 0 Å². The molecule has 1 aliphatic rings. The number of nitrogens with zero attached hydrogens (tertiary/aromatic N) is 2. The number of aryl methyl sites for hydroxylation is 3. The Labute approximate surface area is 147 Å². The van der Waals surface area contributed by atoms with Crippen LogP contribution in [-0.4, -0.2) is 28.1 Å². The van der Waals surface area contributed by atoms with Crippen molar-refractivity contribution in [1.29, 1.82) is 0 Å². The lowest BCUT2D eigenvalue weighted by atomic mass is 9.84. The minimum absolute atomic E-state index is 0.370. The number of hydrogen-bond acceptors (Lipinski definition) is 3. The molecular formula is C19H24N4O2. The second kappa shape index (κ2) is 7.51. The van der Waals surface area contributed by atoms with Crippen molar-refractivity contribution in [3.05, 3.63) is 47.2 Å². The van der Waals surface area contributed by atoms with Crippen LogP contribution in [0.3, 0.4) is 0 Å². The predicted octanol–water partition coefficient (Wildman–Crippen LogP) is 1.84. The van der Waals surface area contributed by atoms with Gasteiger partial charge >= 0.3 is 11.8 Å². The molecule has 0 fully saturated rings.